The Morgan fingerprint density at radius 3 is 2.23 bits per heavy atom. The Morgan fingerprint density at radius 2 is 1.85 bits per heavy atom. The van der Waals surface area contributed by atoms with E-state index in [1.165, 1.54) is 12.1 Å². The highest BCUT2D eigenvalue weighted by atomic mass is 32.2. The summed E-state index contributed by atoms with van der Waals surface area (Å²) in [6.45, 7) is 0.0932. The second kappa shape index (κ2) is 4.33. The summed E-state index contributed by atoms with van der Waals surface area (Å²) < 4.78 is 30.1. The molecule has 5 nitrogen and oxygen atoms in total. The first-order valence-corrected chi connectivity index (χ1v) is 4.75. The summed E-state index contributed by atoms with van der Waals surface area (Å²) in [5.74, 6) is 0. The molecule has 1 aromatic rings. The lowest BCUT2D eigenvalue weighted by Gasteiger charge is -2.02. The molecule has 0 aliphatic heterocycles. The Morgan fingerprint density at radius 1 is 1.31 bits per heavy atom. The van der Waals surface area contributed by atoms with Crippen LogP contribution in [0.3, 0.4) is 0 Å². The van der Waals surface area contributed by atoms with Gasteiger partial charge in [-0.1, -0.05) is 18.2 Å². The molecule has 6 heteroatoms. The lowest BCUT2D eigenvalue weighted by atomic mass is 10.2. The van der Waals surface area contributed by atoms with Gasteiger partial charge in [0.1, 0.15) is 0 Å². The molecule has 0 heterocycles. The van der Waals surface area contributed by atoms with E-state index < -0.39 is 10.1 Å². The molecule has 0 radical (unpaired) electrons. The zero-order chi connectivity index (χ0) is 9.19. The van der Waals surface area contributed by atoms with Crippen molar-refractivity contribution in [3.63, 3.8) is 0 Å². The fraction of sp³-hybridized carbons (Fsp3) is 0.143. The van der Waals surface area contributed by atoms with E-state index in [9.17, 15) is 8.42 Å². The molecule has 0 fully saturated rings. The van der Waals surface area contributed by atoms with Gasteiger partial charge < -0.3 is 11.2 Å². The molecule has 0 atom stereocenters. The minimum atomic E-state index is -4.13. The predicted molar refractivity (Wildman–Crippen MR) is 47.8 cm³/mol. The van der Waals surface area contributed by atoms with Crippen LogP contribution in [-0.4, -0.2) is 18.4 Å². The van der Waals surface area contributed by atoms with Gasteiger partial charge in [-0.15, -0.1) is 0 Å². The lowest BCUT2D eigenvalue weighted by molar-refractivity contribution is 0.482. The average molecular weight is 205 g/mol. The zero-order valence-electron chi connectivity index (χ0n) is 6.77. The van der Waals surface area contributed by atoms with Crippen molar-refractivity contribution in [3.8, 4) is 0 Å². The molecule has 74 valence electrons. The van der Waals surface area contributed by atoms with Gasteiger partial charge in [0, 0.05) is 6.54 Å². The molecule has 0 aliphatic rings. The van der Waals surface area contributed by atoms with Crippen LogP contribution in [0.5, 0.6) is 0 Å². The summed E-state index contributed by atoms with van der Waals surface area (Å²) in [6.07, 6.45) is 0. The second-order valence-corrected chi connectivity index (χ2v) is 3.68. The molecule has 0 saturated heterocycles. The topological polar surface area (TPSA) is 112 Å². The summed E-state index contributed by atoms with van der Waals surface area (Å²) >= 11 is 0. The van der Waals surface area contributed by atoms with Crippen LogP contribution < -0.4 is 5.73 Å². The fourth-order valence-corrected chi connectivity index (χ4v) is 1.66. The van der Waals surface area contributed by atoms with Crippen molar-refractivity contribution in [2.45, 2.75) is 11.4 Å². The van der Waals surface area contributed by atoms with Crippen LogP contribution in [0.25, 0.3) is 0 Å². The lowest BCUT2D eigenvalue weighted by Crippen LogP contribution is -2.06. The van der Waals surface area contributed by atoms with Gasteiger partial charge in [-0.2, -0.15) is 8.42 Å². The number of nitrogens with two attached hydrogens (primary N) is 1. The number of hydrogen-bond donors (Lipinski definition) is 2. The van der Waals surface area contributed by atoms with Gasteiger partial charge in [-0.25, -0.2) is 0 Å². The summed E-state index contributed by atoms with van der Waals surface area (Å²) in [6, 6.07) is 6.07. The Kier molecular flexibility index (Phi) is 4.02. The molecular weight excluding hydrogens is 194 g/mol. The van der Waals surface area contributed by atoms with E-state index in [2.05, 4.69) is 0 Å². The largest absolute Gasteiger partial charge is 0.412 e. The molecular formula is C7H11NO4S. The smallest absolute Gasteiger partial charge is 0.294 e. The molecule has 0 aromatic heterocycles. The Labute approximate surface area is 76.2 Å². The second-order valence-electron chi connectivity index (χ2n) is 2.29. The third-order valence-corrected chi connectivity index (χ3v) is 2.42. The van der Waals surface area contributed by atoms with Gasteiger partial charge >= 0.3 is 0 Å². The van der Waals surface area contributed by atoms with Crippen molar-refractivity contribution in [1.82, 2.24) is 0 Å². The molecule has 1 rings (SSSR count). The molecule has 0 aliphatic carbocycles. The highest BCUT2D eigenvalue weighted by molar-refractivity contribution is 7.85. The van der Waals surface area contributed by atoms with Gasteiger partial charge in [0.2, 0.25) is 0 Å². The molecule has 0 unspecified atom stereocenters. The maximum absolute atomic E-state index is 10.7. The van der Waals surface area contributed by atoms with E-state index in [1.54, 1.807) is 12.1 Å². The molecule has 0 amide bonds. The summed E-state index contributed by atoms with van der Waals surface area (Å²) in [7, 11) is -4.13. The average Bonchev–Trinajstić information content (AvgIpc) is 2.03. The Balaban J connectivity index is 0.00000144. The Hall–Kier alpha value is -0.950. The highest BCUT2D eigenvalue weighted by Crippen LogP contribution is 2.13. The van der Waals surface area contributed by atoms with Gasteiger partial charge in [-0.3, -0.25) is 4.55 Å². The highest BCUT2D eigenvalue weighted by Gasteiger charge is 2.12. The van der Waals surface area contributed by atoms with Gasteiger partial charge in [0.05, 0.1) is 4.90 Å². The van der Waals surface area contributed by atoms with Crippen molar-refractivity contribution in [2.24, 2.45) is 5.73 Å². The summed E-state index contributed by atoms with van der Waals surface area (Å²) in [5.41, 5.74) is 5.69. The van der Waals surface area contributed by atoms with Crippen LogP contribution in [-0.2, 0) is 16.7 Å². The van der Waals surface area contributed by atoms with E-state index in [0.29, 0.717) is 5.56 Å². The van der Waals surface area contributed by atoms with Gasteiger partial charge in [0.25, 0.3) is 10.1 Å². The van der Waals surface area contributed by atoms with Crippen LogP contribution in [0.4, 0.5) is 0 Å². The fourth-order valence-electron chi connectivity index (χ4n) is 0.924. The Bertz CT molecular complexity index is 374. The molecule has 0 bridgehead atoms. The van der Waals surface area contributed by atoms with E-state index in [0.717, 1.165) is 0 Å². The standard InChI is InChI=1S/C7H9NO3S.H2O/c8-5-6-3-1-2-4-7(6)12(9,10)11;/h1-4H,5,8H2,(H,9,10,11);1H2. The summed E-state index contributed by atoms with van der Waals surface area (Å²) in [4.78, 5) is -0.118. The molecule has 0 saturated carbocycles. The number of hydrogen-bond acceptors (Lipinski definition) is 3. The van der Waals surface area contributed by atoms with Crippen molar-refractivity contribution < 1.29 is 18.4 Å². The molecule has 5 N–H and O–H groups in total. The van der Waals surface area contributed by atoms with Crippen molar-refractivity contribution in [1.29, 1.82) is 0 Å². The minimum Gasteiger partial charge on any atom is -0.412 e. The van der Waals surface area contributed by atoms with Crippen LogP contribution in [0.1, 0.15) is 5.56 Å². The SMILES string of the molecule is NCc1ccccc1S(=O)(=O)O.O. The molecule has 0 spiro atoms. The van der Waals surface area contributed by atoms with Crippen molar-refractivity contribution >= 4 is 10.1 Å². The minimum absolute atomic E-state index is 0. The normalized spacial score (nSPS) is 10.6. The first kappa shape index (κ1) is 12.0. The van der Waals surface area contributed by atoms with Crippen molar-refractivity contribution in [3.05, 3.63) is 29.8 Å². The zero-order valence-corrected chi connectivity index (χ0v) is 7.58. The first-order valence-electron chi connectivity index (χ1n) is 3.31. The third kappa shape index (κ3) is 2.78. The van der Waals surface area contributed by atoms with Crippen LogP contribution in [0, 0.1) is 0 Å². The molecule has 13 heavy (non-hydrogen) atoms. The monoisotopic (exact) mass is 205 g/mol. The van der Waals surface area contributed by atoms with Crippen LogP contribution in [0.15, 0.2) is 29.2 Å². The van der Waals surface area contributed by atoms with Gasteiger partial charge in [-0.05, 0) is 11.6 Å². The van der Waals surface area contributed by atoms with E-state index in [-0.39, 0.29) is 16.9 Å². The number of rotatable bonds is 2. The van der Waals surface area contributed by atoms with E-state index >= 15 is 0 Å². The maximum atomic E-state index is 10.7. The molecule has 1 aromatic carbocycles. The number of benzene rings is 1. The van der Waals surface area contributed by atoms with Gasteiger partial charge in [0.15, 0.2) is 0 Å². The quantitative estimate of drug-likeness (QED) is 0.637. The maximum Gasteiger partial charge on any atom is 0.294 e. The third-order valence-electron chi connectivity index (χ3n) is 1.47. The van der Waals surface area contributed by atoms with Crippen LogP contribution >= 0.6 is 0 Å². The van der Waals surface area contributed by atoms with Crippen molar-refractivity contribution in [2.75, 3.05) is 0 Å². The van der Waals surface area contributed by atoms with E-state index in [1.807, 2.05) is 0 Å². The van der Waals surface area contributed by atoms with Crippen LogP contribution in [0.2, 0.25) is 0 Å². The van der Waals surface area contributed by atoms with E-state index in [4.69, 9.17) is 10.3 Å². The summed E-state index contributed by atoms with van der Waals surface area (Å²) in [5, 5.41) is 0. The predicted octanol–water partition coefficient (Wildman–Crippen LogP) is -0.433. The first-order chi connectivity index (χ1) is 5.55.